The Kier molecular flexibility index (Phi) is 10.00. The van der Waals surface area contributed by atoms with Gasteiger partial charge in [0.25, 0.3) is 0 Å². The lowest BCUT2D eigenvalue weighted by atomic mass is 10.0. The molecule has 0 heterocycles. The second-order valence-corrected chi connectivity index (χ2v) is 6.84. The highest BCUT2D eigenvalue weighted by atomic mass is 16.6. The molecule has 27 heavy (non-hydrogen) atoms. The Morgan fingerprint density at radius 3 is 2.26 bits per heavy atom. The zero-order valence-corrected chi connectivity index (χ0v) is 15.9. The van der Waals surface area contributed by atoms with Gasteiger partial charge < -0.3 is 14.8 Å². The summed E-state index contributed by atoms with van der Waals surface area (Å²) in [5.41, 5.74) is 1.01. The number of carbonyl (C=O) groups is 3. The van der Waals surface area contributed by atoms with Crippen molar-refractivity contribution in [2.24, 2.45) is 4.99 Å². The van der Waals surface area contributed by atoms with Crippen molar-refractivity contribution in [2.75, 3.05) is 13.7 Å². The van der Waals surface area contributed by atoms with E-state index in [4.69, 9.17) is 9.47 Å². The van der Waals surface area contributed by atoms with Crippen molar-refractivity contribution in [3.63, 3.8) is 0 Å². The number of aliphatic imine (C=N–C) groups is 1. The molecule has 1 unspecified atom stereocenters. The minimum absolute atomic E-state index is 0. The van der Waals surface area contributed by atoms with E-state index in [-0.39, 0.29) is 26.2 Å². The minimum atomic E-state index is -0.855. The average molecular weight is 378 g/mol. The zero-order valence-electron chi connectivity index (χ0n) is 15.9. The molecule has 0 aliphatic rings. The molecule has 0 fully saturated rings. The number of nitrogens with one attached hydrogen (secondary N) is 1. The SMILES string of the molecule is C.COC(=O)C(Cc1ccc(C=NCC(C)=O)cc1)NC(=O)OC(C)(C)C. The number of hydrogen-bond acceptors (Lipinski definition) is 6. The third-order valence-electron chi connectivity index (χ3n) is 3.15. The van der Waals surface area contributed by atoms with Crippen molar-refractivity contribution in [3.05, 3.63) is 35.4 Å². The summed E-state index contributed by atoms with van der Waals surface area (Å²) in [6.07, 6.45) is 1.19. The number of amides is 1. The van der Waals surface area contributed by atoms with Gasteiger partial charge >= 0.3 is 12.1 Å². The molecule has 1 amide bonds. The van der Waals surface area contributed by atoms with Gasteiger partial charge in [-0.15, -0.1) is 0 Å². The molecule has 0 spiro atoms. The first kappa shape index (κ1) is 24.3. The van der Waals surface area contributed by atoms with Crippen LogP contribution in [0.15, 0.2) is 29.3 Å². The Bertz CT molecular complexity index is 660. The van der Waals surface area contributed by atoms with Gasteiger partial charge in [0.15, 0.2) is 5.78 Å². The van der Waals surface area contributed by atoms with Crippen LogP contribution in [0.2, 0.25) is 0 Å². The Morgan fingerprint density at radius 2 is 1.78 bits per heavy atom. The Labute approximate surface area is 161 Å². The standard InChI is InChI=1S/C19H26N2O5.CH4/c1-13(22)11-20-12-15-8-6-14(7-9-15)10-16(17(23)25-5)21-18(24)26-19(2,3)4;/h6-9,12,16H,10-11H2,1-5H3,(H,21,24);1H4. The lowest BCUT2D eigenvalue weighted by Crippen LogP contribution is -2.45. The molecule has 1 aromatic carbocycles. The fourth-order valence-electron chi connectivity index (χ4n) is 2.04. The Morgan fingerprint density at radius 1 is 1.19 bits per heavy atom. The number of nitrogens with zero attached hydrogens (tertiary/aromatic N) is 1. The highest BCUT2D eigenvalue weighted by Crippen LogP contribution is 2.10. The molecule has 7 nitrogen and oxygen atoms in total. The van der Waals surface area contributed by atoms with E-state index >= 15 is 0 Å². The molecule has 1 aromatic rings. The van der Waals surface area contributed by atoms with E-state index < -0.39 is 23.7 Å². The van der Waals surface area contributed by atoms with Crippen LogP contribution < -0.4 is 5.32 Å². The highest BCUT2D eigenvalue weighted by Gasteiger charge is 2.25. The number of Topliss-reactive ketones (excluding diaryl/α,β-unsaturated/α-hetero) is 1. The van der Waals surface area contributed by atoms with Gasteiger partial charge in [0.1, 0.15) is 11.6 Å². The number of hydrogen-bond donors (Lipinski definition) is 1. The molecular weight excluding hydrogens is 348 g/mol. The number of alkyl carbamates (subject to hydrolysis) is 1. The van der Waals surface area contributed by atoms with Crippen molar-refractivity contribution >= 4 is 24.1 Å². The lowest BCUT2D eigenvalue weighted by Gasteiger charge is -2.22. The molecule has 0 aliphatic heterocycles. The smallest absolute Gasteiger partial charge is 0.408 e. The van der Waals surface area contributed by atoms with Crippen LogP contribution in [-0.4, -0.2) is 49.4 Å². The molecule has 0 aromatic heterocycles. The number of carbonyl (C=O) groups excluding carboxylic acids is 3. The van der Waals surface area contributed by atoms with E-state index in [9.17, 15) is 14.4 Å². The highest BCUT2D eigenvalue weighted by molar-refractivity contribution is 5.84. The predicted molar refractivity (Wildman–Crippen MR) is 105 cm³/mol. The van der Waals surface area contributed by atoms with Crippen molar-refractivity contribution in [1.29, 1.82) is 0 Å². The van der Waals surface area contributed by atoms with Gasteiger partial charge in [-0.25, -0.2) is 9.59 Å². The molecule has 0 aliphatic carbocycles. The van der Waals surface area contributed by atoms with E-state index in [1.807, 2.05) is 24.3 Å². The van der Waals surface area contributed by atoms with Gasteiger partial charge in [-0.05, 0) is 38.8 Å². The van der Waals surface area contributed by atoms with Crippen molar-refractivity contribution in [2.45, 2.75) is 53.2 Å². The van der Waals surface area contributed by atoms with Crippen LogP contribution >= 0.6 is 0 Å². The van der Waals surface area contributed by atoms with E-state index in [2.05, 4.69) is 10.3 Å². The molecule has 150 valence electrons. The number of rotatable bonds is 7. The maximum absolute atomic E-state index is 11.9. The molecule has 7 heteroatoms. The summed E-state index contributed by atoms with van der Waals surface area (Å²) in [5.74, 6) is -0.560. The van der Waals surface area contributed by atoms with E-state index in [0.29, 0.717) is 0 Å². The molecular formula is C20H30N2O5. The summed E-state index contributed by atoms with van der Waals surface area (Å²) in [6.45, 7) is 6.85. The number of esters is 1. The molecule has 0 radical (unpaired) electrons. The quantitative estimate of drug-likeness (QED) is 0.581. The second kappa shape index (κ2) is 11.1. The van der Waals surface area contributed by atoms with E-state index in [1.54, 1.807) is 27.0 Å². The summed E-state index contributed by atoms with van der Waals surface area (Å²) in [4.78, 5) is 38.8. The summed E-state index contributed by atoms with van der Waals surface area (Å²) < 4.78 is 9.93. The maximum Gasteiger partial charge on any atom is 0.408 e. The summed E-state index contributed by atoms with van der Waals surface area (Å²) in [6, 6.07) is 6.43. The number of methoxy groups -OCH3 is 1. The van der Waals surface area contributed by atoms with Crippen LogP contribution in [0.4, 0.5) is 4.79 Å². The summed E-state index contributed by atoms with van der Waals surface area (Å²) in [5, 5.41) is 2.53. The van der Waals surface area contributed by atoms with Crippen LogP contribution in [0.3, 0.4) is 0 Å². The first-order valence-corrected chi connectivity index (χ1v) is 8.26. The molecule has 1 N–H and O–H groups in total. The van der Waals surface area contributed by atoms with E-state index in [1.165, 1.54) is 14.0 Å². The first-order chi connectivity index (χ1) is 12.1. The number of ketones is 1. The fraction of sp³-hybridized carbons (Fsp3) is 0.500. The molecule has 1 atom stereocenters. The Balaban J connectivity index is 0.00000676. The largest absolute Gasteiger partial charge is 0.467 e. The van der Waals surface area contributed by atoms with E-state index in [0.717, 1.165) is 11.1 Å². The molecule has 0 saturated heterocycles. The third-order valence-corrected chi connectivity index (χ3v) is 3.15. The summed E-state index contributed by atoms with van der Waals surface area (Å²) in [7, 11) is 1.26. The van der Waals surface area contributed by atoms with Gasteiger partial charge in [-0.2, -0.15) is 0 Å². The van der Waals surface area contributed by atoms with Crippen molar-refractivity contribution in [1.82, 2.24) is 5.32 Å². The predicted octanol–water partition coefficient (Wildman–Crippen LogP) is 2.94. The van der Waals surface area contributed by atoms with Crippen LogP contribution in [0.25, 0.3) is 0 Å². The summed E-state index contributed by atoms with van der Waals surface area (Å²) >= 11 is 0. The lowest BCUT2D eigenvalue weighted by molar-refractivity contribution is -0.143. The van der Waals surface area contributed by atoms with Crippen LogP contribution in [0.1, 0.15) is 46.2 Å². The Hall–Kier alpha value is -2.70. The maximum atomic E-state index is 11.9. The van der Waals surface area contributed by atoms with Crippen molar-refractivity contribution < 1.29 is 23.9 Å². The second-order valence-electron chi connectivity index (χ2n) is 6.84. The molecule has 0 bridgehead atoms. The normalized spacial score (nSPS) is 12.0. The van der Waals surface area contributed by atoms with Crippen LogP contribution in [0, 0.1) is 0 Å². The third kappa shape index (κ3) is 10.1. The minimum Gasteiger partial charge on any atom is -0.467 e. The fourth-order valence-corrected chi connectivity index (χ4v) is 2.04. The van der Waals surface area contributed by atoms with Crippen molar-refractivity contribution in [3.8, 4) is 0 Å². The van der Waals surface area contributed by atoms with Gasteiger partial charge in [-0.3, -0.25) is 9.79 Å². The van der Waals surface area contributed by atoms with Crippen LogP contribution in [0.5, 0.6) is 0 Å². The van der Waals surface area contributed by atoms with Crippen LogP contribution in [-0.2, 0) is 25.5 Å². The molecule has 1 rings (SSSR count). The van der Waals surface area contributed by atoms with Gasteiger partial charge in [-0.1, -0.05) is 31.7 Å². The number of benzene rings is 1. The molecule has 0 saturated carbocycles. The topological polar surface area (TPSA) is 94.1 Å². The average Bonchev–Trinajstić information content (AvgIpc) is 2.53. The first-order valence-electron chi connectivity index (χ1n) is 8.26. The monoisotopic (exact) mass is 378 g/mol. The van der Waals surface area contributed by atoms with Gasteiger partial charge in [0.2, 0.25) is 0 Å². The van der Waals surface area contributed by atoms with Gasteiger partial charge in [0.05, 0.1) is 13.7 Å². The zero-order chi connectivity index (χ0) is 19.7. The van der Waals surface area contributed by atoms with Gasteiger partial charge in [0, 0.05) is 12.6 Å². The number of ether oxygens (including phenoxy) is 2.